The predicted molar refractivity (Wildman–Crippen MR) is 99.4 cm³/mol. The number of likely N-dealkylation sites (tertiary alicyclic amines) is 2. The van der Waals surface area contributed by atoms with Crippen LogP contribution in [0.1, 0.15) is 66.2 Å². The molecule has 0 unspecified atom stereocenters. The predicted octanol–water partition coefficient (Wildman–Crippen LogP) is 1.99. The zero-order valence-electron chi connectivity index (χ0n) is 16.7. The summed E-state index contributed by atoms with van der Waals surface area (Å²) in [7, 11) is 0. The number of carbonyl (C=O) groups excluding carboxylic acids is 3. The number of piperidine rings is 1. The standard InChI is InChI=1S/C20H34N2O4/c1-5-17(24)16-11-14(23)13-22(16)19(26)15(20(2,3)4)12-18(25)21-9-7-6-8-10-21/h14-16,23H,5-13H2,1-4H3/t14-,15+,16-/m0/s1. The van der Waals surface area contributed by atoms with Crippen LogP contribution in [0.5, 0.6) is 0 Å². The molecule has 148 valence electrons. The lowest BCUT2D eigenvalue weighted by molar-refractivity contribution is -0.148. The quantitative estimate of drug-likeness (QED) is 0.807. The molecule has 0 radical (unpaired) electrons. The number of Topliss-reactive ketones (excluding diaryl/α,β-unsaturated/α-hetero) is 1. The van der Waals surface area contributed by atoms with Crippen LogP contribution in [0.3, 0.4) is 0 Å². The first-order chi connectivity index (χ1) is 12.1. The number of hydrogen-bond acceptors (Lipinski definition) is 4. The summed E-state index contributed by atoms with van der Waals surface area (Å²) in [5.41, 5.74) is -0.393. The Morgan fingerprint density at radius 1 is 1.12 bits per heavy atom. The molecule has 0 aliphatic carbocycles. The van der Waals surface area contributed by atoms with E-state index in [9.17, 15) is 19.5 Å². The first-order valence-corrected chi connectivity index (χ1v) is 9.94. The minimum Gasteiger partial charge on any atom is -0.391 e. The Kier molecular flexibility index (Phi) is 6.83. The summed E-state index contributed by atoms with van der Waals surface area (Å²) in [6.45, 7) is 9.37. The van der Waals surface area contributed by atoms with Gasteiger partial charge in [-0.1, -0.05) is 27.7 Å². The normalized spacial score (nSPS) is 25.3. The largest absolute Gasteiger partial charge is 0.391 e. The minimum atomic E-state index is -0.669. The van der Waals surface area contributed by atoms with E-state index in [0.29, 0.717) is 12.8 Å². The third-order valence-corrected chi connectivity index (χ3v) is 5.71. The van der Waals surface area contributed by atoms with Crippen LogP contribution in [0.25, 0.3) is 0 Å². The Morgan fingerprint density at radius 2 is 1.73 bits per heavy atom. The Balaban J connectivity index is 2.16. The van der Waals surface area contributed by atoms with E-state index in [0.717, 1.165) is 32.4 Å². The maximum atomic E-state index is 13.3. The first-order valence-electron chi connectivity index (χ1n) is 9.94. The summed E-state index contributed by atoms with van der Waals surface area (Å²) in [6.07, 6.45) is 3.33. The third-order valence-electron chi connectivity index (χ3n) is 5.71. The number of β-amino-alcohol motifs (C(OH)–C–C–N with tert-alkyl or cyclic N) is 1. The van der Waals surface area contributed by atoms with Crippen LogP contribution in [0.15, 0.2) is 0 Å². The van der Waals surface area contributed by atoms with Gasteiger partial charge in [0, 0.05) is 38.9 Å². The molecule has 2 aliphatic rings. The first kappa shape index (κ1) is 20.9. The van der Waals surface area contributed by atoms with Crippen molar-refractivity contribution in [1.29, 1.82) is 0 Å². The maximum Gasteiger partial charge on any atom is 0.227 e. The molecule has 0 aromatic rings. The van der Waals surface area contributed by atoms with Crippen molar-refractivity contribution in [2.75, 3.05) is 19.6 Å². The summed E-state index contributed by atoms with van der Waals surface area (Å²) in [6, 6.07) is -0.558. The van der Waals surface area contributed by atoms with Crippen LogP contribution in [0.2, 0.25) is 0 Å². The van der Waals surface area contributed by atoms with Crippen molar-refractivity contribution in [3.63, 3.8) is 0 Å². The second-order valence-corrected chi connectivity index (χ2v) is 8.78. The van der Waals surface area contributed by atoms with E-state index in [1.807, 2.05) is 25.7 Å². The fourth-order valence-corrected chi connectivity index (χ4v) is 4.01. The fourth-order valence-electron chi connectivity index (χ4n) is 4.01. The molecule has 2 saturated heterocycles. The molecule has 2 fully saturated rings. The SMILES string of the molecule is CCC(=O)[C@@H]1C[C@H](O)CN1C(=O)[C@@H](CC(=O)N1CCCCC1)C(C)(C)C. The number of aliphatic hydroxyl groups excluding tert-OH is 1. The molecule has 2 rings (SSSR count). The molecular weight excluding hydrogens is 332 g/mol. The minimum absolute atomic E-state index is 0.0232. The van der Waals surface area contributed by atoms with Gasteiger partial charge in [0.2, 0.25) is 11.8 Å². The Morgan fingerprint density at radius 3 is 2.27 bits per heavy atom. The lowest BCUT2D eigenvalue weighted by Gasteiger charge is -2.36. The molecule has 0 spiro atoms. The van der Waals surface area contributed by atoms with Crippen molar-refractivity contribution >= 4 is 17.6 Å². The van der Waals surface area contributed by atoms with Gasteiger partial charge in [-0.05, 0) is 24.7 Å². The molecule has 6 nitrogen and oxygen atoms in total. The Bertz CT molecular complexity index is 534. The molecule has 1 N–H and O–H groups in total. The molecule has 0 aromatic heterocycles. The van der Waals surface area contributed by atoms with Gasteiger partial charge in [-0.15, -0.1) is 0 Å². The molecule has 3 atom stereocenters. The molecular formula is C20H34N2O4. The molecule has 26 heavy (non-hydrogen) atoms. The van der Waals surface area contributed by atoms with E-state index >= 15 is 0 Å². The van der Waals surface area contributed by atoms with E-state index < -0.39 is 23.5 Å². The third kappa shape index (κ3) is 4.84. The van der Waals surface area contributed by atoms with E-state index in [-0.39, 0.29) is 30.6 Å². The van der Waals surface area contributed by atoms with E-state index in [1.165, 1.54) is 4.90 Å². The summed E-state index contributed by atoms with van der Waals surface area (Å²) < 4.78 is 0. The topological polar surface area (TPSA) is 77.9 Å². The van der Waals surface area contributed by atoms with Gasteiger partial charge in [-0.25, -0.2) is 0 Å². The van der Waals surface area contributed by atoms with Crippen molar-refractivity contribution in [3.8, 4) is 0 Å². The van der Waals surface area contributed by atoms with Crippen molar-refractivity contribution in [1.82, 2.24) is 9.80 Å². The average Bonchev–Trinajstić information content (AvgIpc) is 2.99. The molecule has 0 saturated carbocycles. The molecule has 2 heterocycles. The molecule has 6 heteroatoms. The van der Waals surface area contributed by atoms with Crippen LogP contribution in [0.4, 0.5) is 0 Å². The van der Waals surface area contributed by atoms with Crippen LogP contribution < -0.4 is 0 Å². The smallest absolute Gasteiger partial charge is 0.227 e. The van der Waals surface area contributed by atoms with E-state index in [1.54, 1.807) is 6.92 Å². The van der Waals surface area contributed by atoms with Gasteiger partial charge in [-0.2, -0.15) is 0 Å². The van der Waals surface area contributed by atoms with Crippen molar-refractivity contribution in [2.24, 2.45) is 11.3 Å². The number of ketones is 1. The van der Waals surface area contributed by atoms with Crippen LogP contribution >= 0.6 is 0 Å². The highest BCUT2D eigenvalue weighted by molar-refractivity contribution is 5.92. The van der Waals surface area contributed by atoms with Gasteiger partial charge in [0.15, 0.2) is 5.78 Å². The van der Waals surface area contributed by atoms with E-state index in [4.69, 9.17) is 0 Å². The number of carbonyl (C=O) groups is 3. The second-order valence-electron chi connectivity index (χ2n) is 8.78. The van der Waals surface area contributed by atoms with Crippen LogP contribution in [-0.2, 0) is 14.4 Å². The fraction of sp³-hybridized carbons (Fsp3) is 0.850. The lowest BCUT2D eigenvalue weighted by Crippen LogP contribution is -2.48. The van der Waals surface area contributed by atoms with Gasteiger partial charge in [0.05, 0.1) is 18.1 Å². The Hall–Kier alpha value is -1.43. The summed E-state index contributed by atoms with van der Waals surface area (Å²) >= 11 is 0. The average molecular weight is 367 g/mol. The number of aliphatic hydroxyl groups is 1. The molecule has 0 aromatic carbocycles. The van der Waals surface area contributed by atoms with Gasteiger partial charge in [0.1, 0.15) is 0 Å². The van der Waals surface area contributed by atoms with Crippen molar-refractivity contribution in [3.05, 3.63) is 0 Å². The van der Waals surface area contributed by atoms with Gasteiger partial charge < -0.3 is 14.9 Å². The molecule has 2 aliphatic heterocycles. The highest BCUT2D eigenvalue weighted by Gasteiger charge is 2.44. The summed E-state index contributed by atoms with van der Waals surface area (Å²) in [5.74, 6) is -0.665. The number of hydrogen-bond donors (Lipinski definition) is 1. The van der Waals surface area contributed by atoms with Crippen molar-refractivity contribution in [2.45, 2.75) is 78.4 Å². The van der Waals surface area contributed by atoms with Gasteiger partial charge in [0.25, 0.3) is 0 Å². The Labute approximate surface area is 156 Å². The number of nitrogens with zero attached hydrogens (tertiary/aromatic N) is 2. The van der Waals surface area contributed by atoms with Crippen LogP contribution in [0, 0.1) is 11.3 Å². The number of amides is 2. The zero-order chi connectivity index (χ0) is 19.5. The molecule has 2 amide bonds. The highest BCUT2D eigenvalue weighted by atomic mass is 16.3. The monoisotopic (exact) mass is 366 g/mol. The summed E-state index contributed by atoms with van der Waals surface area (Å²) in [4.78, 5) is 41.7. The highest BCUT2D eigenvalue weighted by Crippen LogP contribution is 2.34. The van der Waals surface area contributed by atoms with Gasteiger partial charge >= 0.3 is 0 Å². The lowest BCUT2D eigenvalue weighted by atomic mass is 9.77. The zero-order valence-corrected chi connectivity index (χ0v) is 16.7. The summed E-state index contributed by atoms with van der Waals surface area (Å²) in [5, 5.41) is 10.0. The van der Waals surface area contributed by atoms with Crippen LogP contribution in [-0.4, -0.2) is 64.3 Å². The van der Waals surface area contributed by atoms with E-state index in [2.05, 4.69) is 0 Å². The number of rotatable bonds is 5. The second kappa shape index (κ2) is 8.51. The van der Waals surface area contributed by atoms with Crippen molar-refractivity contribution < 1.29 is 19.5 Å². The van der Waals surface area contributed by atoms with Gasteiger partial charge in [-0.3, -0.25) is 14.4 Å². The maximum absolute atomic E-state index is 13.3. The molecule has 0 bridgehead atoms.